The lowest BCUT2D eigenvalue weighted by Gasteiger charge is -2.17. The van der Waals surface area contributed by atoms with Crippen LogP contribution in [-0.4, -0.2) is 38.4 Å². The number of aromatic nitrogens is 4. The largest absolute Gasteiger partial charge is 0.497 e. The fraction of sp³-hybridized carbons (Fsp3) is 0.417. The van der Waals surface area contributed by atoms with Gasteiger partial charge in [-0.15, -0.1) is 21.5 Å². The van der Waals surface area contributed by atoms with Crippen LogP contribution in [0.3, 0.4) is 0 Å². The van der Waals surface area contributed by atoms with E-state index >= 15 is 0 Å². The molecule has 33 heavy (non-hydrogen) atoms. The minimum atomic E-state index is -0.0402. The van der Waals surface area contributed by atoms with E-state index in [0.29, 0.717) is 12.5 Å². The Labute approximate surface area is 201 Å². The molecule has 0 saturated heterocycles. The summed E-state index contributed by atoms with van der Waals surface area (Å²) in [6.45, 7) is 4.89. The van der Waals surface area contributed by atoms with Crippen LogP contribution in [0.15, 0.2) is 29.4 Å². The summed E-state index contributed by atoms with van der Waals surface area (Å²) in [6.07, 6.45) is 4.17. The molecule has 5 rings (SSSR count). The zero-order valence-corrected chi connectivity index (χ0v) is 20.7. The SMILES string of the molecule is CCc1nc2sc3c(c2c2nnc(SCC(=O)NCc4ccc(OC)cc4)n12)CC[C@@H](C)C3. The molecule has 0 radical (unpaired) electrons. The number of nitrogens with one attached hydrogen (secondary N) is 1. The normalized spacial score (nSPS) is 15.7. The van der Waals surface area contributed by atoms with Gasteiger partial charge in [0.2, 0.25) is 5.91 Å². The Bertz CT molecular complexity index is 1310. The summed E-state index contributed by atoms with van der Waals surface area (Å²) in [4.78, 5) is 20.0. The second kappa shape index (κ2) is 9.30. The first-order chi connectivity index (χ1) is 16.1. The quantitative estimate of drug-likeness (QED) is 0.393. The van der Waals surface area contributed by atoms with Crippen LogP contribution in [0.1, 0.15) is 42.1 Å². The van der Waals surface area contributed by atoms with E-state index in [1.165, 1.54) is 28.6 Å². The molecule has 172 valence electrons. The molecule has 0 unspecified atom stereocenters. The lowest BCUT2D eigenvalue weighted by Crippen LogP contribution is -2.24. The van der Waals surface area contributed by atoms with Crippen molar-refractivity contribution in [2.45, 2.75) is 51.2 Å². The lowest BCUT2D eigenvalue weighted by atomic mass is 9.89. The van der Waals surface area contributed by atoms with Crippen LogP contribution in [0.5, 0.6) is 5.75 Å². The number of nitrogens with zero attached hydrogens (tertiary/aromatic N) is 4. The van der Waals surface area contributed by atoms with Crippen LogP contribution < -0.4 is 10.1 Å². The molecule has 0 fully saturated rings. The number of hydrogen-bond acceptors (Lipinski definition) is 7. The third kappa shape index (κ3) is 4.31. The maximum Gasteiger partial charge on any atom is 0.230 e. The van der Waals surface area contributed by atoms with Crippen molar-refractivity contribution in [3.05, 3.63) is 46.1 Å². The van der Waals surface area contributed by atoms with Gasteiger partial charge in [0.1, 0.15) is 16.4 Å². The molecule has 0 spiro atoms. The highest BCUT2D eigenvalue weighted by molar-refractivity contribution is 7.99. The molecule has 1 amide bonds. The molecule has 1 N–H and O–H groups in total. The lowest BCUT2D eigenvalue weighted by molar-refractivity contribution is -0.118. The van der Waals surface area contributed by atoms with Gasteiger partial charge >= 0.3 is 0 Å². The number of rotatable bonds is 7. The van der Waals surface area contributed by atoms with Gasteiger partial charge in [-0.05, 0) is 48.4 Å². The number of hydrogen-bond donors (Lipinski definition) is 1. The van der Waals surface area contributed by atoms with Crippen molar-refractivity contribution in [3.63, 3.8) is 0 Å². The topological polar surface area (TPSA) is 81.4 Å². The summed E-state index contributed by atoms with van der Waals surface area (Å²) in [7, 11) is 1.64. The van der Waals surface area contributed by atoms with E-state index in [1.54, 1.807) is 7.11 Å². The fourth-order valence-corrected chi connectivity index (χ4v) is 6.51. The van der Waals surface area contributed by atoms with Crippen LogP contribution in [0.25, 0.3) is 15.9 Å². The molecular weight excluding hydrogens is 454 g/mol. The molecule has 1 aromatic carbocycles. The van der Waals surface area contributed by atoms with Crippen molar-refractivity contribution in [1.29, 1.82) is 0 Å². The van der Waals surface area contributed by atoms with Gasteiger partial charge in [-0.25, -0.2) is 4.98 Å². The molecule has 0 bridgehead atoms. The Balaban J connectivity index is 1.35. The molecular formula is C24H27N5O2S2. The van der Waals surface area contributed by atoms with Gasteiger partial charge in [0, 0.05) is 17.8 Å². The summed E-state index contributed by atoms with van der Waals surface area (Å²) in [6, 6.07) is 7.68. The molecule has 0 aliphatic heterocycles. The molecule has 3 heterocycles. The standard InChI is InChI=1S/C24H27N5O2S2/c1-4-19-26-23-21(17-10-5-14(2)11-18(17)33-23)22-27-28-24(29(19)22)32-13-20(30)25-12-15-6-8-16(31-3)9-7-15/h6-9,14H,4-5,10-13H2,1-3H3,(H,25,30)/t14-/m1/s1. The molecule has 1 aliphatic carbocycles. The van der Waals surface area contributed by atoms with Gasteiger partial charge in [0.15, 0.2) is 10.8 Å². The Morgan fingerprint density at radius 2 is 2.12 bits per heavy atom. The number of amides is 1. The van der Waals surface area contributed by atoms with Crippen LogP contribution in [0.2, 0.25) is 0 Å². The van der Waals surface area contributed by atoms with Crippen molar-refractivity contribution in [2.75, 3.05) is 12.9 Å². The first-order valence-electron chi connectivity index (χ1n) is 11.3. The minimum absolute atomic E-state index is 0.0402. The highest BCUT2D eigenvalue weighted by Gasteiger charge is 2.25. The summed E-state index contributed by atoms with van der Waals surface area (Å²) in [5.41, 5.74) is 3.30. The monoisotopic (exact) mass is 481 g/mol. The molecule has 9 heteroatoms. The average Bonchev–Trinajstić information content (AvgIpc) is 3.41. The van der Waals surface area contributed by atoms with Gasteiger partial charge in [0.25, 0.3) is 0 Å². The van der Waals surface area contributed by atoms with Crippen LogP contribution in [0.4, 0.5) is 0 Å². The predicted molar refractivity (Wildman–Crippen MR) is 132 cm³/mol. The van der Waals surface area contributed by atoms with Crippen molar-refractivity contribution >= 4 is 44.9 Å². The number of thioether (sulfide) groups is 1. The average molecular weight is 482 g/mol. The molecule has 1 aliphatic rings. The first kappa shape index (κ1) is 22.2. The predicted octanol–water partition coefficient (Wildman–Crippen LogP) is 4.44. The smallest absolute Gasteiger partial charge is 0.230 e. The number of carbonyl (C=O) groups excluding carboxylic acids is 1. The Hall–Kier alpha value is -2.65. The highest BCUT2D eigenvalue weighted by Crippen LogP contribution is 2.39. The first-order valence-corrected chi connectivity index (χ1v) is 13.1. The van der Waals surface area contributed by atoms with Gasteiger partial charge in [0.05, 0.1) is 18.2 Å². The molecule has 0 saturated carbocycles. The Morgan fingerprint density at radius 1 is 1.30 bits per heavy atom. The van der Waals surface area contributed by atoms with Crippen LogP contribution >= 0.6 is 23.1 Å². The number of benzene rings is 1. The van der Waals surface area contributed by atoms with E-state index in [1.807, 2.05) is 35.6 Å². The number of carbonyl (C=O) groups is 1. The zero-order chi connectivity index (χ0) is 22.9. The van der Waals surface area contributed by atoms with Crippen LogP contribution in [0, 0.1) is 5.92 Å². The van der Waals surface area contributed by atoms with E-state index < -0.39 is 0 Å². The second-order valence-corrected chi connectivity index (χ2v) is 10.5. The van der Waals surface area contributed by atoms with Crippen molar-refractivity contribution in [2.24, 2.45) is 5.92 Å². The van der Waals surface area contributed by atoms with E-state index in [4.69, 9.17) is 9.72 Å². The van der Waals surface area contributed by atoms with E-state index in [-0.39, 0.29) is 11.7 Å². The van der Waals surface area contributed by atoms with E-state index in [9.17, 15) is 4.79 Å². The van der Waals surface area contributed by atoms with Crippen molar-refractivity contribution in [1.82, 2.24) is 24.9 Å². The van der Waals surface area contributed by atoms with E-state index in [0.717, 1.165) is 57.4 Å². The van der Waals surface area contributed by atoms with Crippen LogP contribution in [-0.2, 0) is 30.6 Å². The second-order valence-electron chi connectivity index (χ2n) is 8.47. The molecule has 3 aromatic heterocycles. The van der Waals surface area contributed by atoms with Gasteiger partial charge < -0.3 is 10.1 Å². The number of aryl methyl sites for hydroxylation is 2. The van der Waals surface area contributed by atoms with Gasteiger partial charge in [-0.1, -0.05) is 37.7 Å². The maximum absolute atomic E-state index is 12.5. The van der Waals surface area contributed by atoms with Gasteiger partial charge in [-0.3, -0.25) is 9.20 Å². The maximum atomic E-state index is 12.5. The fourth-order valence-electron chi connectivity index (χ4n) is 4.33. The zero-order valence-electron chi connectivity index (χ0n) is 19.1. The number of ether oxygens (including phenoxy) is 1. The Kier molecular flexibility index (Phi) is 6.25. The molecule has 7 nitrogen and oxygen atoms in total. The van der Waals surface area contributed by atoms with Gasteiger partial charge in [-0.2, -0.15) is 0 Å². The number of thiophene rings is 1. The molecule has 1 atom stereocenters. The molecule has 4 aromatic rings. The van der Waals surface area contributed by atoms with Crippen molar-refractivity contribution < 1.29 is 9.53 Å². The van der Waals surface area contributed by atoms with Crippen molar-refractivity contribution in [3.8, 4) is 5.75 Å². The number of methoxy groups -OCH3 is 1. The summed E-state index contributed by atoms with van der Waals surface area (Å²) < 4.78 is 7.23. The number of fused-ring (bicyclic) bond motifs is 5. The summed E-state index contributed by atoms with van der Waals surface area (Å²) in [5.74, 6) is 2.69. The third-order valence-corrected chi connectivity index (χ3v) is 8.21. The Morgan fingerprint density at radius 3 is 2.88 bits per heavy atom. The highest BCUT2D eigenvalue weighted by atomic mass is 32.2. The summed E-state index contributed by atoms with van der Waals surface area (Å²) >= 11 is 3.22. The third-order valence-electron chi connectivity index (χ3n) is 6.14. The minimum Gasteiger partial charge on any atom is -0.497 e. The summed E-state index contributed by atoms with van der Waals surface area (Å²) in [5, 5.41) is 13.9. The van der Waals surface area contributed by atoms with E-state index in [2.05, 4.69) is 33.8 Å².